The molecule has 0 aromatic carbocycles. The van der Waals surface area contributed by atoms with Crippen LogP contribution < -0.4 is 0 Å². The smallest absolute Gasteiger partial charge is 0.311 e. The summed E-state index contributed by atoms with van der Waals surface area (Å²) in [5, 5.41) is 0. The van der Waals surface area contributed by atoms with Crippen LogP contribution in [0.1, 0.15) is 93.9 Å². The van der Waals surface area contributed by atoms with Crippen LogP contribution in [-0.2, 0) is 27.2 Å². The topological polar surface area (TPSA) is 71.1 Å². The Balaban J connectivity index is 6.64. The normalized spacial score (nSPS) is 15.0. The Hall–Kier alpha value is -0.740. The Bertz CT molecular complexity index is 788. The third-order valence-corrected chi connectivity index (χ3v) is 12.2. The van der Waals surface area contributed by atoms with Gasteiger partial charge < -0.3 is 18.1 Å². The van der Waals surface area contributed by atoms with Gasteiger partial charge in [0.15, 0.2) is 4.90 Å². The molecule has 0 saturated heterocycles. The Morgan fingerprint density at radius 1 is 0.657 bits per heavy atom. The fourth-order valence-corrected chi connectivity index (χ4v) is 9.13. The predicted molar refractivity (Wildman–Crippen MR) is 149 cm³/mol. The van der Waals surface area contributed by atoms with Gasteiger partial charge in [0.25, 0.3) is 0 Å². The SMILES string of the molecule is CCOP(=O)(OCC)C(CC=C(C)CCC=C(C)C)(CC=C(C)CCC=C(C)C)P(=O)(OC)OC. The van der Waals surface area contributed by atoms with Gasteiger partial charge in [-0.15, -0.1) is 0 Å². The fraction of sp³-hybridized carbons (Fsp3) is 0.704. The van der Waals surface area contributed by atoms with E-state index in [1.54, 1.807) is 13.8 Å². The summed E-state index contributed by atoms with van der Waals surface area (Å²) in [7, 11) is -5.20. The minimum atomic E-state index is -3.94. The van der Waals surface area contributed by atoms with Crippen LogP contribution in [0.5, 0.6) is 0 Å². The van der Waals surface area contributed by atoms with Gasteiger partial charge in [0.1, 0.15) is 0 Å². The van der Waals surface area contributed by atoms with Crippen molar-refractivity contribution in [2.75, 3.05) is 27.4 Å². The largest absolute Gasteiger partial charge is 0.349 e. The molecular formula is C27H50O6P2. The highest BCUT2D eigenvalue weighted by molar-refractivity contribution is 7.74. The highest BCUT2D eigenvalue weighted by Crippen LogP contribution is 2.80. The first-order chi connectivity index (χ1) is 16.4. The summed E-state index contributed by atoms with van der Waals surface area (Å²) in [6, 6.07) is 0. The van der Waals surface area contributed by atoms with Crippen LogP contribution in [-0.4, -0.2) is 32.3 Å². The van der Waals surface area contributed by atoms with Crippen molar-refractivity contribution in [3.8, 4) is 0 Å². The Morgan fingerprint density at radius 2 is 1.03 bits per heavy atom. The van der Waals surface area contributed by atoms with Gasteiger partial charge in [0, 0.05) is 14.2 Å². The average Bonchev–Trinajstić information content (AvgIpc) is 2.78. The summed E-state index contributed by atoms with van der Waals surface area (Å²) < 4.78 is 51.1. The zero-order valence-corrected chi connectivity index (χ0v) is 25.6. The molecule has 0 saturated carbocycles. The van der Waals surface area contributed by atoms with Crippen molar-refractivity contribution in [1.29, 1.82) is 0 Å². The highest BCUT2D eigenvalue weighted by atomic mass is 31.2. The van der Waals surface area contributed by atoms with Crippen LogP contribution in [0.4, 0.5) is 0 Å². The number of allylic oxidation sites excluding steroid dienone is 8. The third-order valence-electron chi connectivity index (χ3n) is 5.84. The summed E-state index contributed by atoms with van der Waals surface area (Å²) in [4.78, 5) is -1.51. The lowest BCUT2D eigenvalue weighted by Crippen LogP contribution is -2.32. The molecule has 0 spiro atoms. The maximum Gasteiger partial charge on any atom is 0.349 e. The van der Waals surface area contributed by atoms with Gasteiger partial charge in [-0.1, -0.05) is 46.6 Å². The molecule has 0 aliphatic rings. The van der Waals surface area contributed by atoms with Gasteiger partial charge in [-0.05, 0) is 93.9 Å². The maximum atomic E-state index is 14.4. The van der Waals surface area contributed by atoms with Crippen molar-refractivity contribution in [3.63, 3.8) is 0 Å². The number of hydrogen-bond acceptors (Lipinski definition) is 6. The maximum absolute atomic E-state index is 14.4. The monoisotopic (exact) mass is 532 g/mol. The Kier molecular flexibility index (Phi) is 16.5. The average molecular weight is 533 g/mol. The molecule has 35 heavy (non-hydrogen) atoms. The van der Waals surface area contributed by atoms with Crippen molar-refractivity contribution in [2.45, 2.75) is 98.8 Å². The lowest BCUT2D eigenvalue weighted by molar-refractivity contribution is 0.192. The van der Waals surface area contributed by atoms with E-state index in [0.717, 1.165) is 36.8 Å². The molecule has 0 aromatic heterocycles. The first-order valence-corrected chi connectivity index (χ1v) is 15.6. The lowest BCUT2D eigenvalue weighted by Gasteiger charge is -2.41. The molecule has 0 aromatic rings. The molecule has 8 heteroatoms. The predicted octanol–water partition coefficient (Wildman–Crippen LogP) is 9.60. The lowest BCUT2D eigenvalue weighted by atomic mass is 10.1. The molecule has 0 radical (unpaired) electrons. The van der Waals surface area contributed by atoms with Crippen molar-refractivity contribution in [3.05, 3.63) is 46.6 Å². The zero-order valence-electron chi connectivity index (χ0n) is 23.8. The summed E-state index contributed by atoms with van der Waals surface area (Å²) >= 11 is 0. The first kappa shape index (κ1) is 34.3. The van der Waals surface area contributed by atoms with E-state index in [2.05, 4.69) is 39.8 Å². The molecule has 0 bridgehead atoms. The van der Waals surface area contributed by atoms with E-state index in [1.165, 1.54) is 25.4 Å². The van der Waals surface area contributed by atoms with Crippen molar-refractivity contribution in [2.24, 2.45) is 0 Å². The van der Waals surface area contributed by atoms with Crippen molar-refractivity contribution in [1.82, 2.24) is 0 Å². The molecule has 0 atom stereocenters. The van der Waals surface area contributed by atoms with E-state index >= 15 is 0 Å². The van der Waals surface area contributed by atoms with Crippen molar-refractivity contribution >= 4 is 15.2 Å². The van der Waals surface area contributed by atoms with Crippen LogP contribution in [0, 0.1) is 0 Å². The molecule has 0 fully saturated rings. The first-order valence-electron chi connectivity index (χ1n) is 12.6. The molecule has 0 amide bonds. The molecule has 0 aliphatic heterocycles. The van der Waals surface area contributed by atoms with Gasteiger partial charge >= 0.3 is 15.2 Å². The second-order valence-electron chi connectivity index (χ2n) is 9.33. The van der Waals surface area contributed by atoms with Crippen LogP contribution in [0.3, 0.4) is 0 Å². The van der Waals surface area contributed by atoms with Crippen molar-refractivity contribution < 1.29 is 27.2 Å². The second kappa shape index (κ2) is 16.9. The summed E-state index contributed by atoms with van der Waals surface area (Å²) in [5.74, 6) is 0. The van der Waals surface area contributed by atoms with Crippen LogP contribution in [0.25, 0.3) is 0 Å². The second-order valence-corrected chi connectivity index (χ2v) is 14.6. The molecule has 0 N–H and O–H groups in total. The van der Waals surface area contributed by atoms with E-state index in [9.17, 15) is 9.13 Å². The molecule has 204 valence electrons. The van der Waals surface area contributed by atoms with E-state index < -0.39 is 20.1 Å². The van der Waals surface area contributed by atoms with E-state index in [-0.39, 0.29) is 26.1 Å². The minimum Gasteiger partial charge on any atom is -0.311 e. The van der Waals surface area contributed by atoms with Gasteiger partial charge in [0.05, 0.1) is 13.2 Å². The number of rotatable bonds is 18. The van der Waals surface area contributed by atoms with E-state index in [4.69, 9.17) is 18.1 Å². The summed E-state index contributed by atoms with van der Waals surface area (Å²) in [5.41, 5.74) is 4.74. The van der Waals surface area contributed by atoms with Gasteiger partial charge in [0.2, 0.25) is 0 Å². The molecule has 0 rings (SSSR count). The minimum absolute atomic E-state index is 0.152. The molecule has 0 unspecified atom stereocenters. The zero-order chi connectivity index (χ0) is 27.1. The van der Waals surface area contributed by atoms with Gasteiger partial charge in [-0.25, -0.2) is 0 Å². The fourth-order valence-electron chi connectivity index (χ4n) is 3.77. The summed E-state index contributed by atoms with van der Waals surface area (Å²) in [6.07, 6.45) is 12.2. The quantitative estimate of drug-likeness (QED) is 0.129. The summed E-state index contributed by atoms with van der Waals surface area (Å²) in [6.45, 7) is 16.2. The molecule has 0 heterocycles. The van der Waals surface area contributed by atoms with Crippen LogP contribution >= 0.6 is 15.2 Å². The highest BCUT2D eigenvalue weighted by Gasteiger charge is 2.63. The van der Waals surface area contributed by atoms with Crippen LogP contribution in [0.15, 0.2) is 46.6 Å². The van der Waals surface area contributed by atoms with Gasteiger partial charge in [-0.2, -0.15) is 0 Å². The molecule has 0 aliphatic carbocycles. The van der Waals surface area contributed by atoms with Gasteiger partial charge in [-0.3, -0.25) is 9.13 Å². The third kappa shape index (κ3) is 10.6. The van der Waals surface area contributed by atoms with E-state index in [0.29, 0.717) is 0 Å². The number of hydrogen-bond donors (Lipinski definition) is 0. The Morgan fingerprint density at radius 3 is 1.31 bits per heavy atom. The molecular weight excluding hydrogens is 482 g/mol. The standard InChI is InChI=1S/C27H50O6P2/c1-11-32-35(29,33-12-2)27(34(28,30-9)31-10,21-19-25(7)17-13-15-23(3)4)22-20-26(8)18-14-16-24(5)6/h15-16,19-20H,11-14,17-18,21-22H2,1-10H3. The van der Waals surface area contributed by atoms with E-state index in [1.807, 2.05) is 26.0 Å². The Labute approximate surface area is 215 Å². The van der Waals surface area contributed by atoms with Crippen LogP contribution in [0.2, 0.25) is 0 Å². The molecule has 6 nitrogen and oxygen atoms in total.